The van der Waals surface area contributed by atoms with E-state index in [1.807, 2.05) is 0 Å². The molecular formula is C5H7BO3. The molecule has 1 N–H and O–H groups in total. The number of carboxylic acids is 1. The molecule has 0 aliphatic carbocycles. The third-order valence-corrected chi connectivity index (χ3v) is 1.19. The molecule has 4 heteroatoms. The number of carboxylic acid groups (broad SMARTS) is 1. The molecule has 0 aromatic rings. The van der Waals surface area contributed by atoms with Gasteiger partial charge in [0, 0.05) is 6.32 Å². The zero-order valence-electron chi connectivity index (χ0n) is 4.91. The molecule has 0 aromatic carbocycles. The van der Waals surface area contributed by atoms with E-state index in [0.717, 1.165) is 0 Å². The van der Waals surface area contributed by atoms with E-state index in [-0.39, 0.29) is 13.0 Å². The summed E-state index contributed by atoms with van der Waals surface area (Å²) in [5, 5.41) is 8.28. The Bertz CT molecular complexity index is 143. The lowest BCUT2D eigenvalue weighted by Gasteiger charge is -1.94. The number of hydrogen-bond acceptors (Lipinski definition) is 2. The minimum Gasteiger partial charge on any atom is -0.510 e. The van der Waals surface area contributed by atoms with Crippen LogP contribution < -0.4 is 0 Å². The number of ether oxygens (including phenoxy) is 1. The number of carbonyl (C=O) groups is 1. The Hall–Kier alpha value is -0.925. The maximum absolute atomic E-state index is 10.1. The van der Waals surface area contributed by atoms with Crippen molar-refractivity contribution in [2.24, 2.45) is 0 Å². The first-order valence-electron chi connectivity index (χ1n) is 2.79. The monoisotopic (exact) mass is 126 g/mol. The molecule has 0 saturated carbocycles. The van der Waals surface area contributed by atoms with Gasteiger partial charge < -0.3 is 9.84 Å². The van der Waals surface area contributed by atoms with Gasteiger partial charge in [0.1, 0.15) is 0 Å². The summed E-state index contributed by atoms with van der Waals surface area (Å²) in [6.45, 7) is 0.606. The van der Waals surface area contributed by atoms with Gasteiger partial charge in [-0.15, -0.1) is 0 Å². The van der Waals surface area contributed by atoms with Gasteiger partial charge in [-0.3, -0.25) is 4.79 Å². The van der Waals surface area contributed by atoms with Crippen LogP contribution in [0.5, 0.6) is 0 Å². The molecule has 0 fully saturated rings. The summed E-state index contributed by atoms with van der Waals surface area (Å²) >= 11 is 0. The van der Waals surface area contributed by atoms with Crippen LogP contribution in [0, 0.1) is 0 Å². The van der Waals surface area contributed by atoms with Crippen molar-refractivity contribution in [3.8, 4) is 0 Å². The summed E-state index contributed by atoms with van der Waals surface area (Å²) in [5.74, 6) is 1.00. The van der Waals surface area contributed by atoms with Crippen LogP contribution in [0.15, 0.2) is 12.2 Å². The van der Waals surface area contributed by atoms with E-state index in [9.17, 15) is 4.79 Å². The zero-order chi connectivity index (χ0) is 6.69. The SMILES string of the molecule is O=C(O)CB1C=COC1. The lowest BCUT2D eigenvalue weighted by molar-refractivity contribution is -0.134. The van der Waals surface area contributed by atoms with E-state index in [1.54, 1.807) is 12.2 Å². The summed E-state index contributed by atoms with van der Waals surface area (Å²) in [7, 11) is 0. The average Bonchev–Trinajstić information content (AvgIpc) is 2.15. The number of rotatable bonds is 2. The largest absolute Gasteiger partial charge is 0.510 e. The molecule has 0 amide bonds. The lowest BCUT2D eigenvalue weighted by Crippen LogP contribution is -2.16. The predicted molar refractivity (Wildman–Crippen MR) is 33.3 cm³/mol. The molecule has 0 radical (unpaired) electrons. The van der Waals surface area contributed by atoms with Crippen molar-refractivity contribution in [1.82, 2.24) is 0 Å². The average molecular weight is 126 g/mol. The van der Waals surface area contributed by atoms with Gasteiger partial charge in [0.15, 0.2) is 0 Å². The Morgan fingerprint density at radius 2 is 2.67 bits per heavy atom. The van der Waals surface area contributed by atoms with Crippen LogP contribution in [-0.4, -0.2) is 24.3 Å². The van der Waals surface area contributed by atoms with Gasteiger partial charge in [-0.05, 0) is 0 Å². The van der Waals surface area contributed by atoms with Crippen LogP contribution in [-0.2, 0) is 9.53 Å². The second kappa shape index (κ2) is 2.57. The first-order valence-corrected chi connectivity index (χ1v) is 2.79. The highest BCUT2D eigenvalue weighted by atomic mass is 16.5. The molecule has 1 heterocycles. The van der Waals surface area contributed by atoms with E-state index in [4.69, 9.17) is 9.84 Å². The van der Waals surface area contributed by atoms with E-state index < -0.39 is 5.97 Å². The van der Waals surface area contributed by atoms with Crippen LogP contribution >= 0.6 is 0 Å². The van der Waals surface area contributed by atoms with Crippen LogP contribution in [0.25, 0.3) is 0 Å². The molecule has 1 aliphatic rings. The molecule has 48 valence electrons. The molecule has 3 nitrogen and oxygen atoms in total. The standard InChI is InChI=1S/C5H7BO3/c7-5(8)3-6-1-2-9-4-6/h1-2H,3-4H2,(H,7,8). The summed E-state index contributed by atoms with van der Waals surface area (Å²) < 4.78 is 4.81. The topological polar surface area (TPSA) is 46.5 Å². The van der Waals surface area contributed by atoms with E-state index in [1.165, 1.54) is 0 Å². The highest BCUT2D eigenvalue weighted by Crippen LogP contribution is 2.02. The molecule has 9 heavy (non-hydrogen) atoms. The fourth-order valence-electron chi connectivity index (χ4n) is 0.753. The lowest BCUT2D eigenvalue weighted by atomic mass is 9.49. The summed E-state index contributed by atoms with van der Waals surface area (Å²) in [6, 6.07) is 0. The highest BCUT2D eigenvalue weighted by molar-refractivity contribution is 6.67. The maximum Gasteiger partial charge on any atom is 0.296 e. The number of aliphatic carboxylic acids is 1. The zero-order valence-corrected chi connectivity index (χ0v) is 4.91. The summed E-state index contributed by atoms with van der Waals surface area (Å²) in [6.07, 6.45) is 1.73. The fourth-order valence-corrected chi connectivity index (χ4v) is 0.753. The summed E-state index contributed by atoms with van der Waals surface area (Å²) in [5.41, 5.74) is 0. The Kier molecular flexibility index (Phi) is 1.77. The fraction of sp³-hybridized carbons (Fsp3) is 0.400. The van der Waals surface area contributed by atoms with Crippen molar-refractivity contribution in [2.75, 3.05) is 6.51 Å². The van der Waals surface area contributed by atoms with E-state index >= 15 is 0 Å². The van der Waals surface area contributed by atoms with Crippen LogP contribution in [0.2, 0.25) is 6.32 Å². The first-order chi connectivity index (χ1) is 4.29. The van der Waals surface area contributed by atoms with Crippen molar-refractivity contribution in [1.29, 1.82) is 0 Å². The number of hydrogen-bond donors (Lipinski definition) is 1. The molecule has 0 unspecified atom stereocenters. The van der Waals surface area contributed by atoms with Crippen molar-refractivity contribution in [3.63, 3.8) is 0 Å². The van der Waals surface area contributed by atoms with Gasteiger partial charge in [-0.25, -0.2) is 0 Å². The normalized spacial score (nSPS) is 15.8. The van der Waals surface area contributed by atoms with Gasteiger partial charge >= 0.3 is 0 Å². The van der Waals surface area contributed by atoms with Gasteiger partial charge in [-0.2, -0.15) is 0 Å². The van der Waals surface area contributed by atoms with Crippen LogP contribution in [0.1, 0.15) is 0 Å². The second-order valence-electron chi connectivity index (χ2n) is 2.02. The molecule has 0 bridgehead atoms. The second-order valence-corrected chi connectivity index (χ2v) is 2.02. The molecule has 0 aromatic heterocycles. The third-order valence-electron chi connectivity index (χ3n) is 1.19. The van der Waals surface area contributed by atoms with E-state index in [2.05, 4.69) is 0 Å². The molecular weight excluding hydrogens is 119 g/mol. The molecule has 0 atom stereocenters. The first kappa shape index (κ1) is 6.20. The predicted octanol–water partition coefficient (Wildman–Crippen LogP) is 0.188. The van der Waals surface area contributed by atoms with Crippen LogP contribution in [0.3, 0.4) is 0 Å². The van der Waals surface area contributed by atoms with Crippen molar-refractivity contribution in [2.45, 2.75) is 6.32 Å². The van der Waals surface area contributed by atoms with Gasteiger partial charge in [0.05, 0.1) is 12.8 Å². The molecule has 0 spiro atoms. The van der Waals surface area contributed by atoms with Crippen molar-refractivity contribution < 1.29 is 14.6 Å². The molecule has 1 rings (SSSR count). The van der Waals surface area contributed by atoms with Gasteiger partial charge in [0.2, 0.25) is 6.71 Å². The Labute approximate surface area is 53.4 Å². The molecule has 0 saturated heterocycles. The smallest absolute Gasteiger partial charge is 0.296 e. The van der Waals surface area contributed by atoms with Gasteiger partial charge in [0.25, 0.3) is 5.97 Å². The van der Waals surface area contributed by atoms with Crippen molar-refractivity contribution in [3.05, 3.63) is 12.2 Å². The Balaban J connectivity index is 2.28. The minimum absolute atomic E-state index is 0.0856. The Morgan fingerprint density at radius 1 is 1.89 bits per heavy atom. The summed E-state index contributed by atoms with van der Waals surface area (Å²) in [4.78, 5) is 10.1. The van der Waals surface area contributed by atoms with E-state index in [0.29, 0.717) is 6.51 Å². The van der Waals surface area contributed by atoms with Crippen LogP contribution in [0.4, 0.5) is 0 Å². The quantitative estimate of drug-likeness (QED) is 0.537. The highest BCUT2D eigenvalue weighted by Gasteiger charge is 2.18. The molecule has 1 aliphatic heterocycles. The van der Waals surface area contributed by atoms with Crippen molar-refractivity contribution >= 4 is 12.7 Å². The minimum atomic E-state index is -0.768. The van der Waals surface area contributed by atoms with Gasteiger partial charge in [-0.1, -0.05) is 5.98 Å². The third kappa shape index (κ3) is 1.80. The maximum atomic E-state index is 10.1. The Morgan fingerprint density at radius 3 is 3.11 bits per heavy atom.